The average Bonchev–Trinajstić information content (AvgIpc) is 3.62. The molecule has 1 saturated heterocycles. The number of alkyl halides is 2. The van der Waals surface area contributed by atoms with Gasteiger partial charge in [-0.15, -0.1) is 0 Å². The number of rotatable bonds is 10. The second-order valence-electron chi connectivity index (χ2n) is 10.6. The SMILES string of the molecule is CCC(c1ccc(F)cc1)C(NC(=O)c1ccnn1CC)c1cn2nc(CC3(C(=O)O)CC(F)(F)CNC3=O)ccc2n1. The van der Waals surface area contributed by atoms with Crippen molar-refractivity contribution in [1.29, 1.82) is 0 Å². The minimum atomic E-state index is -3.40. The maximum Gasteiger partial charge on any atom is 0.319 e. The molecule has 1 aliphatic heterocycles. The molecule has 0 radical (unpaired) electrons. The number of imidazole rings is 1. The molecule has 1 fully saturated rings. The van der Waals surface area contributed by atoms with Gasteiger partial charge in [0.1, 0.15) is 11.5 Å². The van der Waals surface area contributed by atoms with E-state index in [1.54, 1.807) is 29.1 Å². The molecule has 3 aromatic heterocycles. The third-order valence-electron chi connectivity index (χ3n) is 7.78. The Labute approximate surface area is 244 Å². The Kier molecular flexibility index (Phi) is 7.95. The third kappa shape index (κ3) is 5.81. The Bertz CT molecular complexity index is 1670. The van der Waals surface area contributed by atoms with Gasteiger partial charge in [0.15, 0.2) is 11.1 Å². The zero-order valence-corrected chi connectivity index (χ0v) is 23.4. The molecule has 3 atom stereocenters. The highest BCUT2D eigenvalue weighted by atomic mass is 19.3. The number of hydrogen-bond donors (Lipinski definition) is 3. The van der Waals surface area contributed by atoms with Crippen LogP contribution in [0.1, 0.15) is 66.1 Å². The molecule has 0 aliphatic carbocycles. The lowest BCUT2D eigenvalue weighted by molar-refractivity contribution is -0.169. The first-order chi connectivity index (χ1) is 20.5. The molecule has 11 nitrogen and oxygen atoms in total. The number of halogens is 3. The maximum absolute atomic E-state index is 14.2. The molecule has 0 spiro atoms. The van der Waals surface area contributed by atoms with Gasteiger partial charge >= 0.3 is 5.97 Å². The number of nitrogens with zero attached hydrogens (tertiary/aromatic N) is 5. The average molecular weight is 598 g/mol. The van der Waals surface area contributed by atoms with Gasteiger partial charge in [0.2, 0.25) is 5.91 Å². The predicted molar refractivity (Wildman–Crippen MR) is 147 cm³/mol. The van der Waals surface area contributed by atoms with Crippen molar-refractivity contribution in [2.24, 2.45) is 5.41 Å². The third-order valence-corrected chi connectivity index (χ3v) is 7.78. The van der Waals surface area contributed by atoms with Gasteiger partial charge < -0.3 is 15.7 Å². The standard InChI is InChI=1S/C29H30F3N7O4/c1-3-20(17-5-7-18(30)8-6-17)24(36-25(40)22-11-12-34-38(22)4-2)21-14-39-23(35-21)10-9-19(37-39)13-28(27(42)43)15-29(31,32)16-33-26(28)41/h5-12,14,20,24H,3-4,13,15-16H2,1-2H3,(H,33,41)(H,36,40)(H,42,43). The summed E-state index contributed by atoms with van der Waals surface area (Å²) >= 11 is 0. The summed E-state index contributed by atoms with van der Waals surface area (Å²) in [6, 6.07) is 9.80. The largest absolute Gasteiger partial charge is 0.480 e. The number of aryl methyl sites for hydroxylation is 1. The molecule has 1 aromatic carbocycles. The number of piperidine rings is 1. The summed E-state index contributed by atoms with van der Waals surface area (Å²) in [5.41, 5.74) is -0.464. The molecule has 3 unspecified atom stereocenters. The summed E-state index contributed by atoms with van der Waals surface area (Å²) in [6.45, 7) is 3.31. The van der Waals surface area contributed by atoms with Crippen molar-refractivity contribution in [3.63, 3.8) is 0 Å². The highest BCUT2D eigenvalue weighted by molar-refractivity contribution is 6.03. The van der Waals surface area contributed by atoms with Gasteiger partial charge in [0.25, 0.3) is 11.8 Å². The van der Waals surface area contributed by atoms with Crippen LogP contribution >= 0.6 is 0 Å². The first-order valence-electron chi connectivity index (χ1n) is 13.8. The van der Waals surface area contributed by atoms with Crippen LogP contribution in [0.5, 0.6) is 0 Å². The van der Waals surface area contributed by atoms with Gasteiger partial charge in [-0.3, -0.25) is 19.1 Å². The summed E-state index contributed by atoms with van der Waals surface area (Å²) in [6.07, 6.45) is 1.89. The van der Waals surface area contributed by atoms with Gasteiger partial charge in [-0.2, -0.15) is 10.2 Å². The maximum atomic E-state index is 14.2. The number of aliphatic carboxylic acids is 1. The second-order valence-corrected chi connectivity index (χ2v) is 10.6. The van der Waals surface area contributed by atoms with Crippen LogP contribution in [0.25, 0.3) is 5.65 Å². The minimum absolute atomic E-state index is 0.0877. The van der Waals surface area contributed by atoms with Gasteiger partial charge in [-0.25, -0.2) is 22.7 Å². The van der Waals surface area contributed by atoms with E-state index in [0.29, 0.717) is 30.0 Å². The summed E-state index contributed by atoms with van der Waals surface area (Å²) in [7, 11) is 0. The molecule has 3 N–H and O–H groups in total. The van der Waals surface area contributed by atoms with E-state index in [9.17, 15) is 32.7 Å². The lowest BCUT2D eigenvalue weighted by Gasteiger charge is -2.36. The monoisotopic (exact) mass is 597 g/mol. The predicted octanol–water partition coefficient (Wildman–Crippen LogP) is 3.52. The zero-order chi connectivity index (χ0) is 30.9. The number of aromatic nitrogens is 5. The summed E-state index contributed by atoms with van der Waals surface area (Å²) in [5.74, 6) is -7.21. The number of carboxylic acid groups (broad SMARTS) is 1. The van der Waals surface area contributed by atoms with E-state index in [0.717, 1.165) is 5.56 Å². The number of carboxylic acids is 1. The first kappa shape index (κ1) is 29.7. The molecule has 4 heterocycles. The molecule has 5 rings (SSSR count). The van der Waals surface area contributed by atoms with E-state index < -0.39 is 60.4 Å². The summed E-state index contributed by atoms with van der Waals surface area (Å²) < 4.78 is 45.1. The summed E-state index contributed by atoms with van der Waals surface area (Å²) in [4.78, 5) is 42.8. The topological polar surface area (TPSA) is 144 Å². The first-order valence-corrected chi connectivity index (χ1v) is 13.8. The second kappa shape index (κ2) is 11.5. The van der Waals surface area contributed by atoms with Crippen LogP contribution in [0, 0.1) is 11.2 Å². The van der Waals surface area contributed by atoms with Crippen molar-refractivity contribution in [2.45, 2.75) is 57.5 Å². The normalized spacial score (nSPS) is 19.5. The van der Waals surface area contributed by atoms with Crippen LogP contribution in [-0.2, 0) is 22.6 Å². The van der Waals surface area contributed by atoms with Crippen LogP contribution in [0.2, 0.25) is 0 Å². The molecule has 43 heavy (non-hydrogen) atoms. The van der Waals surface area contributed by atoms with Gasteiger partial charge in [-0.05, 0) is 49.2 Å². The fraction of sp³-hybridized carbons (Fsp3) is 0.379. The quantitative estimate of drug-likeness (QED) is 0.237. The van der Waals surface area contributed by atoms with E-state index in [2.05, 4.69) is 20.5 Å². The Morgan fingerprint density at radius 2 is 1.88 bits per heavy atom. The molecule has 1 aliphatic rings. The molecular weight excluding hydrogens is 567 g/mol. The van der Waals surface area contributed by atoms with Gasteiger partial charge in [0.05, 0.1) is 30.2 Å². The van der Waals surface area contributed by atoms with Crippen molar-refractivity contribution in [3.8, 4) is 0 Å². The molecule has 4 aromatic rings. The van der Waals surface area contributed by atoms with Crippen molar-refractivity contribution in [1.82, 2.24) is 35.0 Å². The Morgan fingerprint density at radius 3 is 2.56 bits per heavy atom. The van der Waals surface area contributed by atoms with Gasteiger partial charge in [-0.1, -0.05) is 19.1 Å². The van der Waals surface area contributed by atoms with Crippen LogP contribution in [0.15, 0.2) is 54.9 Å². The van der Waals surface area contributed by atoms with Crippen LogP contribution in [-0.4, -0.2) is 59.7 Å². The Balaban J connectivity index is 1.52. The smallest absolute Gasteiger partial charge is 0.319 e. The van der Waals surface area contributed by atoms with E-state index in [-0.39, 0.29) is 11.6 Å². The zero-order valence-electron chi connectivity index (χ0n) is 23.4. The Hall–Kier alpha value is -4.75. The van der Waals surface area contributed by atoms with E-state index >= 15 is 0 Å². The van der Waals surface area contributed by atoms with E-state index in [4.69, 9.17) is 0 Å². The number of nitrogens with one attached hydrogen (secondary N) is 2. The molecular formula is C29H30F3N7O4. The molecule has 0 saturated carbocycles. The number of carbonyl (C=O) groups excluding carboxylic acids is 2. The van der Waals surface area contributed by atoms with Crippen molar-refractivity contribution in [2.75, 3.05) is 6.54 Å². The fourth-order valence-corrected chi connectivity index (χ4v) is 5.59. The molecule has 14 heteroatoms. The molecule has 226 valence electrons. The van der Waals surface area contributed by atoms with Crippen molar-refractivity contribution in [3.05, 3.63) is 83.3 Å². The van der Waals surface area contributed by atoms with Crippen LogP contribution < -0.4 is 10.6 Å². The lowest BCUT2D eigenvalue weighted by atomic mass is 9.74. The highest BCUT2D eigenvalue weighted by Crippen LogP contribution is 2.39. The number of fused-ring (bicyclic) bond motifs is 1. The van der Waals surface area contributed by atoms with Crippen molar-refractivity contribution >= 4 is 23.4 Å². The van der Waals surface area contributed by atoms with Crippen LogP contribution in [0.3, 0.4) is 0 Å². The van der Waals surface area contributed by atoms with Gasteiger partial charge in [0, 0.05) is 31.5 Å². The number of benzene rings is 1. The van der Waals surface area contributed by atoms with Crippen molar-refractivity contribution < 1.29 is 32.7 Å². The molecule has 0 bridgehead atoms. The molecule has 2 amide bonds. The Morgan fingerprint density at radius 1 is 1.14 bits per heavy atom. The number of amides is 2. The van der Waals surface area contributed by atoms with E-state index in [1.807, 2.05) is 19.2 Å². The lowest BCUT2D eigenvalue weighted by Crippen LogP contribution is -2.59. The number of hydrogen-bond acceptors (Lipinski definition) is 6. The minimum Gasteiger partial charge on any atom is -0.480 e. The van der Waals surface area contributed by atoms with E-state index in [1.165, 1.54) is 35.0 Å². The summed E-state index contributed by atoms with van der Waals surface area (Å²) in [5, 5.41) is 23.5. The number of carbonyl (C=O) groups is 3. The van der Waals surface area contributed by atoms with Crippen LogP contribution in [0.4, 0.5) is 13.2 Å². The highest BCUT2D eigenvalue weighted by Gasteiger charge is 2.56. The fourth-order valence-electron chi connectivity index (χ4n) is 5.59.